The van der Waals surface area contributed by atoms with Gasteiger partial charge in [0, 0.05) is 17.1 Å². The number of fused-ring (bicyclic) bond motifs is 1. The molecular formula is C28H30N2O6. The zero-order valence-electron chi connectivity index (χ0n) is 20.5. The van der Waals surface area contributed by atoms with Crippen LogP contribution < -0.4 is 9.47 Å². The highest BCUT2D eigenvalue weighted by Gasteiger charge is 2.25. The summed E-state index contributed by atoms with van der Waals surface area (Å²) >= 11 is 0. The molecule has 4 aromatic rings. The molecule has 0 saturated heterocycles. The van der Waals surface area contributed by atoms with Gasteiger partial charge in [0.2, 0.25) is 0 Å². The Morgan fingerprint density at radius 2 is 1.72 bits per heavy atom. The SMILES string of the molecule is COc1cc([C@@H](O)[C@H](Cn2cc3cccc(C(=O)O)c3n2)OCCc2ccccc2)cc(OC)c1C. The third-order valence-corrected chi connectivity index (χ3v) is 6.21. The predicted molar refractivity (Wildman–Crippen MR) is 136 cm³/mol. The van der Waals surface area contributed by atoms with Crippen molar-refractivity contribution in [1.82, 2.24) is 9.78 Å². The molecule has 0 aliphatic heterocycles. The number of hydrogen-bond acceptors (Lipinski definition) is 6. The van der Waals surface area contributed by atoms with Crippen LogP contribution in [0.25, 0.3) is 10.9 Å². The molecule has 36 heavy (non-hydrogen) atoms. The van der Waals surface area contributed by atoms with Crippen LogP contribution in [0.3, 0.4) is 0 Å². The Hall–Kier alpha value is -3.88. The molecule has 0 spiro atoms. The molecule has 1 heterocycles. The smallest absolute Gasteiger partial charge is 0.337 e. The molecule has 8 heteroatoms. The van der Waals surface area contributed by atoms with Crippen molar-refractivity contribution in [1.29, 1.82) is 0 Å². The third-order valence-electron chi connectivity index (χ3n) is 6.21. The lowest BCUT2D eigenvalue weighted by molar-refractivity contribution is -0.0480. The minimum absolute atomic E-state index is 0.126. The van der Waals surface area contributed by atoms with Crippen molar-refractivity contribution in [2.24, 2.45) is 0 Å². The van der Waals surface area contributed by atoms with Crippen molar-refractivity contribution < 1.29 is 29.2 Å². The summed E-state index contributed by atoms with van der Waals surface area (Å²) in [4.78, 5) is 11.6. The van der Waals surface area contributed by atoms with Crippen molar-refractivity contribution >= 4 is 16.9 Å². The van der Waals surface area contributed by atoms with Crippen LogP contribution in [0.4, 0.5) is 0 Å². The lowest BCUT2D eigenvalue weighted by Crippen LogP contribution is -2.29. The van der Waals surface area contributed by atoms with Crippen molar-refractivity contribution in [2.75, 3.05) is 20.8 Å². The Morgan fingerprint density at radius 1 is 1.03 bits per heavy atom. The van der Waals surface area contributed by atoms with E-state index < -0.39 is 18.2 Å². The van der Waals surface area contributed by atoms with Gasteiger partial charge in [-0.25, -0.2) is 4.79 Å². The number of aliphatic hydroxyl groups excluding tert-OH is 1. The monoisotopic (exact) mass is 490 g/mol. The molecule has 0 unspecified atom stereocenters. The van der Waals surface area contributed by atoms with Crippen molar-refractivity contribution in [3.63, 3.8) is 0 Å². The molecule has 8 nitrogen and oxygen atoms in total. The van der Waals surface area contributed by atoms with E-state index in [2.05, 4.69) is 5.10 Å². The Kier molecular flexibility index (Phi) is 7.87. The van der Waals surface area contributed by atoms with Gasteiger partial charge in [-0.2, -0.15) is 5.10 Å². The van der Waals surface area contributed by atoms with E-state index in [-0.39, 0.29) is 12.1 Å². The molecule has 4 rings (SSSR count). The summed E-state index contributed by atoms with van der Waals surface area (Å²) in [6, 6.07) is 18.5. The van der Waals surface area contributed by atoms with Crippen molar-refractivity contribution in [2.45, 2.75) is 32.1 Å². The summed E-state index contributed by atoms with van der Waals surface area (Å²) in [6.45, 7) is 2.48. The molecular weight excluding hydrogens is 460 g/mol. The van der Waals surface area contributed by atoms with E-state index in [0.717, 1.165) is 11.1 Å². The van der Waals surface area contributed by atoms with Crippen molar-refractivity contribution in [3.8, 4) is 11.5 Å². The van der Waals surface area contributed by atoms with Gasteiger partial charge in [0.25, 0.3) is 0 Å². The number of carboxylic acid groups (broad SMARTS) is 1. The van der Waals surface area contributed by atoms with E-state index in [4.69, 9.17) is 14.2 Å². The van der Waals surface area contributed by atoms with E-state index in [1.807, 2.05) is 43.3 Å². The number of hydrogen-bond donors (Lipinski definition) is 2. The maximum absolute atomic E-state index is 11.6. The number of methoxy groups -OCH3 is 2. The quantitative estimate of drug-likeness (QED) is 0.321. The fourth-order valence-electron chi connectivity index (χ4n) is 4.25. The van der Waals surface area contributed by atoms with Crippen LogP contribution in [0.5, 0.6) is 11.5 Å². The molecule has 0 bridgehead atoms. The highest BCUT2D eigenvalue weighted by molar-refractivity contribution is 6.01. The summed E-state index contributed by atoms with van der Waals surface area (Å²) in [5.74, 6) is 0.158. The average molecular weight is 491 g/mol. The number of rotatable bonds is 11. The lowest BCUT2D eigenvalue weighted by Gasteiger charge is -2.25. The first-order valence-electron chi connectivity index (χ1n) is 11.7. The number of aromatic carboxylic acids is 1. The predicted octanol–water partition coefficient (Wildman–Crippen LogP) is 4.42. The normalized spacial score (nSPS) is 12.9. The van der Waals surface area contributed by atoms with E-state index >= 15 is 0 Å². The Bertz CT molecular complexity index is 1310. The van der Waals surface area contributed by atoms with Gasteiger partial charge in [-0.05, 0) is 42.7 Å². The van der Waals surface area contributed by atoms with Crippen LogP contribution in [0.15, 0.2) is 66.9 Å². The van der Waals surface area contributed by atoms with Gasteiger partial charge in [-0.3, -0.25) is 4.68 Å². The first-order valence-corrected chi connectivity index (χ1v) is 11.7. The third kappa shape index (κ3) is 5.50. The van der Waals surface area contributed by atoms with Gasteiger partial charge in [0.05, 0.1) is 32.9 Å². The van der Waals surface area contributed by atoms with Gasteiger partial charge in [0.15, 0.2) is 0 Å². The summed E-state index contributed by atoms with van der Waals surface area (Å²) in [7, 11) is 3.14. The molecule has 3 aromatic carbocycles. The van der Waals surface area contributed by atoms with E-state index in [0.29, 0.717) is 41.0 Å². The Labute approximate surface area is 209 Å². The standard InChI is InChI=1S/C28H30N2O6/c1-18-23(34-2)14-21(15-24(18)35-3)27(31)25(36-13-12-19-8-5-4-6-9-19)17-30-16-20-10-7-11-22(28(32)33)26(20)29-30/h4-11,14-16,25,27,31H,12-13,17H2,1-3H3,(H,32,33)/t25-,27+/m0/s1. The molecule has 0 saturated carbocycles. The Morgan fingerprint density at radius 3 is 2.36 bits per heavy atom. The van der Waals surface area contributed by atoms with Gasteiger partial charge < -0.3 is 24.4 Å². The molecule has 0 radical (unpaired) electrons. The fourth-order valence-corrected chi connectivity index (χ4v) is 4.25. The van der Waals surface area contributed by atoms with Gasteiger partial charge in [-0.1, -0.05) is 42.5 Å². The minimum Gasteiger partial charge on any atom is -0.496 e. The Balaban J connectivity index is 1.63. The van der Waals surface area contributed by atoms with Gasteiger partial charge in [0.1, 0.15) is 29.2 Å². The zero-order chi connectivity index (χ0) is 25.7. The van der Waals surface area contributed by atoms with Crippen molar-refractivity contribution in [3.05, 3.63) is 89.1 Å². The van der Waals surface area contributed by atoms with Crippen LogP contribution in [0, 0.1) is 6.92 Å². The number of carbonyl (C=O) groups is 1. The van der Waals surface area contributed by atoms with E-state index in [1.54, 1.807) is 43.3 Å². The van der Waals surface area contributed by atoms with Crippen LogP contribution in [0.1, 0.15) is 33.2 Å². The number of nitrogens with zero attached hydrogens (tertiary/aromatic N) is 2. The summed E-state index contributed by atoms with van der Waals surface area (Å²) < 4.78 is 18.8. The minimum atomic E-state index is -1.04. The molecule has 0 fully saturated rings. The maximum atomic E-state index is 11.6. The van der Waals surface area contributed by atoms with Crippen LogP contribution in [-0.4, -0.2) is 52.9 Å². The highest BCUT2D eigenvalue weighted by Crippen LogP contribution is 2.34. The molecule has 0 aliphatic carbocycles. The summed E-state index contributed by atoms with van der Waals surface area (Å²) in [5, 5.41) is 26.1. The lowest BCUT2D eigenvalue weighted by atomic mass is 10.0. The topological polar surface area (TPSA) is 103 Å². The average Bonchev–Trinajstić information content (AvgIpc) is 3.31. The number of carboxylic acids is 1. The molecule has 1 aromatic heterocycles. The van der Waals surface area contributed by atoms with Crippen LogP contribution in [-0.2, 0) is 17.7 Å². The summed E-state index contributed by atoms with van der Waals surface area (Å²) in [5.41, 5.74) is 3.06. The maximum Gasteiger partial charge on any atom is 0.337 e. The number of ether oxygens (including phenoxy) is 3. The molecule has 188 valence electrons. The van der Waals surface area contributed by atoms with Crippen LogP contribution in [0.2, 0.25) is 0 Å². The second-order valence-electron chi connectivity index (χ2n) is 8.54. The molecule has 0 amide bonds. The second-order valence-corrected chi connectivity index (χ2v) is 8.54. The molecule has 2 N–H and O–H groups in total. The first kappa shape index (κ1) is 25.2. The second kappa shape index (κ2) is 11.2. The van der Waals surface area contributed by atoms with E-state index in [9.17, 15) is 15.0 Å². The fraction of sp³-hybridized carbons (Fsp3) is 0.286. The van der Waals surface area contributed by atoms with Crippen LogP contribution >= 0.6 is 0 Å². The largest absolute Gasteiger partial charge is 0.496 e. The number of aromatic nitrogens is 2. The highest BCUT2D eigenvalue weighted by atomic mass is 16.5. The van der Waals surface area contributed by atoms with Gasteiger partial charge in [-0.15, -0.1) is 0 Å². The number of aliphatic hydroxyl groups is 1. The van der Waals surface area contributed by atoms with Gasteiger partial charge >= 0.3 is 5.97 Å². The molecule has 2 atom stereocenters. The van der Waals surface area contributed by atoms with E-state index in [1.165, 1.54) is 6.07 Å². The zero-order valence-corrected chi connectivity index (χ0v) is 20.5. The first-order chi connectivity index (χ1) is 17.4. The summed E-state index contributed by atoms with van der Waals surface area (Å²) in [6.07, 6.45) is 0.747. The number of benzene rings is 3. The molecule has 0 aliphatic rings.